The van der Waals surface area contributed by atoms with E-state index in [0.29, 0.717) is 29.9 Å². The Hall–Kier alpha value is -2.21. The highest BCUT2D eigenvalue weighted by Gasteiger charge is 2.43. The summed E-state index contributed by atoms with van der Waals surface area (Å²) in [5, 5.41) is 9.48. The second-order valence-electron chi connectivity index (χ2n) is 6.94. The minimum atomic E-state index is -0.387. The van der Waals surface area contributed by atoms with Crippen LogP contribution in [0.1, 0.15) is 32.3 Å². The summed E-state index contributed by atoms with van der Waals surface area (Å²) in [7, 11) is 0. The van der Waals surface area contributed by atoms with Crippen molar-refractivity contribution in [2.24, 2.45) is 5.92 Å². The predicted octanol–water partition coefficient (Wildman–Crippen LogP) is 2.02. The molecule has 3 rings (SSSR count). The van der Waals surface area contributed by atoms with Crippen molar-refractivity contribution >= 4 is 17.4 Å². The fraction of sp³-hybridized carbons (Fsp3) is 0.474. The molecule has 2 amide bonds. The van der Waals surface area contributed by atoms with Gasteiger partial charge in [0.1, 0.15) is 11.5 Å². The first-order valence-electron chi connectivity index (χ1n) is 8.68. The number of hydrogen-bond acceptors (Lipinski definition) is 4. The van der Waals surface area contributed by atoms with Crippen LogP contribution in [-0.2, 0) is 9.59 Å². The van der Waals surface area contributed by atoms with E-state index in [-0.39, 0.29) is 36.2 Å². The van der Waals surface area contributed by atoms with E-state index in [2.05, 4.69) is 0 Å². The lowest BCUT2D eigenvalue weighted by molar-refractivity contribution is -0.139. The summed E-state index contributed by atoms with van der Waals surface area (Å²) in [6, 6.07) is 5.40. The topological polar surface area (TPSA) is 60.9 Å². The van der Waals surface area contributed by atoms with Crippen molar-refractivity contribution in [1.82, 2.24) is 9.80 Å². The molecule has 25 heavy (non-hydrogen) atoms. The third-order valence-corrected chi connectivity index (χ3v) is 4.83. The molecule has 1 saturated heterocycles. The van der Waals surface area contributed by atoms with Crippen molar-refractivity contribution in [1.29, 1.82) is 0 Å². The number of nitrogens with zero attached hydrogens (tertiary/aromatic N) is 2. The monoisotopic (exact) mass is 346 g/mol. The zero-order valence-electron chi connectivity index (χ0n) is 14.5. The molecule has 6 heteroatoms. The highest BCUT2D eigenvalue weighted by Crippen LogP contribution is 2.34. The fourth-order valence-corrected chi connectivity index (χ4v) is 3.59. The number of carbonyl (C=O) groups is 2. The maximum Gasteiger partial charge on any atom is 0.278 e. The summed E-state index contributed by atoms with van der Waals surface area (Å²) in [5.74, 6) is -0.945. The minimum Gasteiger partial charge on any atom is -0.396 e. The van der Waals surface area contributed by atoms with Gasteiger partial charge in [-0.2, -0.15) is 0 Å². The number of halogens is 1. The first kappa shape index (κ1) is 17.6. The lowest BCUT2D eigenvalue weighted by atomic mass is 9.97. The van der Waals surface area contributed by atoms with Crippen LogP contribution < -0.4 is 0 Å². The third-order valence-electron chi connectivity index (χ3n) is 4.83. The normalized spacial score (nSPS) is 21.7. The lowest BCUT2D eigenvalue weighted by Crippen LogP contribution is -2.42. The van der Waals surface area contributed by atoms with Crippen molar-refractivity contribution in [3.8, 4) is 0 Å². The Bertz CT molecular complexity index is 712. The Morgan fingerprint density at radius 1 is 1.20 bits per heavy atom. The van der Waals surface area contributed by atoms with Gasteiger partial charge in [-0.3, -0.25) is 14.5 Å². The van der Waals surface area contributed by atoms with Crippen molar-refractivity contribution in [3.05, 3.63) is 41.3 Å². The number of amides is 2. The number of rotatable bonds is 4. The van der Waals surface area contributed by atoms with Crippen LogP contribution in [0, 0.1) is 11.7 Å². The van der Waals surface area contributed by atoms with Gasteiger partial charge in [-0.05, 0) is 50.3 Å². The number of likely N-dealkylation sites (tertiary alicyclic amines) is 1. The van der Waals surface area contributed by atoms with E-state index in [1.807, 2.05) is 4.90 Å². The molecule has 0 aromatic heterocycles. The summed E-state index contributed by atoms with van der Waals surface area (Å²) in [6.07, 6.45) is 1.76. The molecule has 1 N–H and O–H groups in total. The molecule has 134 valence electrons. The average Bonchev–Trinajstić information content (AvgIpc) is 2.86. The smallest absolute Gasteiger partial charge is 0.278 e. The Kier molecular flexibility index (Phi) is 4.90. The molecule has 5 nitrogen and oxygen atoms in total. The van der Waals surface area contributed by atoms with Crippen LogP contribution in [0.25, 0.3) is 5.57 Å². The standard InChI is InChI=1S/C19H23FN2O3/c1-12(2)22-18(24)16(14-5-7-15(20)8-6-14)17(19(22)25)21-9-3-4-13(10-21)11-23/h5-8,12-13,23H,3-4,9-11H2,1-2H3. The summed E-state index contributed by atoms with van der Waals surface area (Å²) >= 11 is 0. The van der Waals surface area contributed by atoms with Gasteiger partial charge in [0.05, 0.1) is 5.57 Å². The Balaban J connectivity index is 2.07. The van der Waals surface area contributed by atoms with Gasteiger partial charge in [-0.25, -0.2) is 4.39 Å². The molecule has 0 radical (unpaired) electrons. The minimum absolute atomic E-state index is 0.0612. The summed E-state index contributed by atoms with van der Waals surface area (Å²) in [4.78, 5) is 29.1. The molecule has 1 atom stereocenters. The summed E-state index contributed by atoms with van der Waals surface area (Å²) in [5.41, 5.74) is 1.25. The first-order chi connectivity index (χ1) is 11.9. The molecular weight excluding hydrogens is 323 g/mol. The first-order valence-corrected chi connectivity index (χ1v) is 8.68. The molecule has 2 aliphatic heterocycles. The van der Waals surface area contributed by atoms with E-state index in [1.165, 1.54) is 29.2 Å². The molecule has 1 aromatic rings. The highest BCUT2D eigenvalue weighted by molar-refractivity contribution is 6.35. The van der Waals surface area contributed by atoms with E-state index in [9.17, 15) is 19.1 Å². The zero-order chi connectivity index (χ0) is 18.1. The number of aliphatic hydroxyl groups excluding tert-OH is 1. The van der Waals surface area contributed by atoms with Crippen LogP contribution in [0.2, 0.25) is 0 Å². The molecular formula is C19H23FN2O3. The summed E-state index contributed by atoms with van der Waals surface area (Å²) < 4.78 is 13.3. The number of carbonyl (C=O) groups excluding carboxylic acids is 2. The van der Waals surface area contributed by atoms with Gasteiger partial charge < -0.3 is 10.0 Å². The molecule has 1 fully saturated rings. The SMILES string of the molecule is CC(C)N1C(=O)C(c2ccc(F)cc2)=C(N2CCCC(CO)C2)C1=O. The average molecular weight is 346 g/mol. The van der Waals surface area contributed by atoms with Gasteiger partial charge in [0.15, 0.2) is 0 Å². The number of hydrogen-bond donors (Lipinski definition) is 1. The molecule has 0 aliphatic carbocycles. The van der Waals surface area contributed by atoms with E-state index in [1.54, 1.807) is 13.8 Å². The maximum atomic E-state index is 13.3. The van der Waals surface area contributed by atoms with Gasteiger partial charge in [0.2, 0.25) is 0 Å². The maximum absolute atomic E-state index is 13.3. The van der Waals surface area contributed by atoms with Crippen LogP contribution >= 0.6 is 0 Å². The van der Waals surface area contributed by atoms with Crippen molar-refractivity contribution < 1.29 is 19.1 Å². The van der Waals surface area contributed by atoms with Crippen LogP contribution in [0.4, 0.5) is 4.39 Å². The molecule has 1 aromatic carbocycles. The Morgan fingerprint density at radius 3 is 2.48 bits per heavy atom. The van der Waals surface area contributed by atoms with E-state index in [4.69, 9.17) is 0 Å². The predicted molar refractivity (Wildman–Crippen MR) is 91.7 cm³/mol. The summed E-state index contributed by atoms with van der Waals surface area (Å²) in [6.45, 7) is 4.87. The van der Waals surface area contributed by atoms with E-state index >= 15 is 0 Å². The largest absolute Gasteiger partial charge is 0.396 e. The van der Waals surface area contributed by atoms with Crippen LogP contribution in [0.15, 0.2) is 30.0 Å². The van der Waals surface area contributed by atoms with Crippen molar-refractivity contribution in [2.45, 2.75) is 32.7 Å². The Morgan fingerprint density at radius 2 is 1.88 bits per heavy atom. The van der Waals surface area contributed by atoms with Crippen molar-refractivity contribution in [3.63, 3.8) is 0 Å². The molecule has 1 unspecified atom stereocenters. The van der Waals surface area contributed by atoms with Gasteiger partial charge in [0.25, 0.3) is 11.8 Å². The van der Waals surface area contributed by atoms with Crippen LogP contribution in [0.5, 0.6) is 0 Å². The highest BCUT2D eigenvalue weighted by atomic mass is 19.1. The zero-order valence-corrected chi connectivity index (χ0v) is 14.5. The lowest BCUT2D eigenvalue weighted by Gasteiger charge is -2.34. The molecule has 0 spiro atoms. The molecule has 2 aliphatic rings. The van der Waals surface area contributed by atoms with Crippen LogP contribution in [-0.4, -0.2) is 52.5 Å². The van der Waals surface area contributed by atoms with E-state index < -0.39 is 0 Å². The van der Waals surface area contributed by atoms with Crippen LogP contribution in [0.3, 0.4) is 0 Å². The number of imide groups is 1. The second-order valence-corrected chi connectivity index (χ2v) is 6.94. The Labute approximate surface area is 146 Å². The third kappa shape index (κ3) is 3.18. The van der Waals surface area contributed by atoms with Gasteiger partial charge >= 0.3 is 0 Å². The van der Waals surface area contributed by atoms with Crippen molar-refractivity contribution in [2.75, 3.05) is 19.7 Å². The second kappa shape index (κ2) is 6.96. The quantitative estimate of drug-likeness (QED) is 0.848. The van der Waals surface area contributed by atoms with Gasteiger partial charge in [0, 0.05) is 25.7 Å². The fourth-order valence-electron chi connectivity index (χ4n) is 3.59. The number of aliphatic hydroxyl groups is 1. The molecule has 0 saturated carbocycles. The van der Waals surface area contributed by atoms with Gasteiger partial charge in [-0.1, -0.05) is 12.1 Å². The molecule has 0 bridgehead atoms. The van der Waals surface area contributed by atoms with Gasteiger partial charge in [-0.15, -0.1) is 0 Å². The number of benzene rings is 1. The molecule has 2 heterocycles. The number of piperidine rings is 1. The van der Waals surface area contributed by atoms with E-state index in [0.717, 1.165) is 12.8 Å².